The van der Waals surface area contributed by atoms with Gasteiger partial charge in [-0.15, -0.1) is 0 Å². The Morgan fingerprint density at radius 1 is 0.412 bits per heavy atom. The highest BCUT2D eigenvalue weighted by molar-refractivity contribution is 6.42. The summed E-state index contributed by atoms with van der Waals surface area (Å²) < 4.78 is 0. The summed E-state index contributed by atoms with van der Waals surface area (Å²) in [5.74, 6) is -1.02. The van der Waals surface area contributed by atoms with Crippen molar-refractivity contribution in [1.29, 1.82) is 0 Å². The minimum atomic E-state index is -0.255. The number of benzene rings is 4. The Balaban J connectivity index is 1.34. The van der Waals surface area contributed by atoms with Gasteiger partial charge in [0.25, 0.3) is 0 Å². The number of allylic oxidation sites excluding steroid dienone is 2. The number of carbonyl (C=O) groups excluding carboxylic acids is 4. The van der Waals surface area contributed by atoms with E-state index in [-0.39, 0.29) is 34.3 Å². The Hall–Kier alpha value is -4.70. The number of fused-ring (bicyclic) bond motifs is 3. The summed E-state index contributed by atoms with van der Waals surface area (Å²) in [7, 11) is 0. The monoisotopic (exact) mass is 440 g/mol. The fraction of sp³-hybridized carbons (Fsp3) is 0. The number of Topliss-reactive ketones (excluding diaryl/α,β-unsaturated/α-hetero) is 4. The van der Waals surface area contributed by atoms with Crippen molar-refractivity contribution in [2.75, 3.05) is 0 Å². The van der Waals surface area contributed by atoms with E-state index in [1.165, 1.54) is 0 Å². The van der Waals surface area contributed by atoms with Crippen molar-refractivity contribution in [2.24, 2.45) is 0 Å². The fourth-order valence-electron chi connectivity index (χ4n) is 4.60. The molecule has 0 bridgehead atoms. The number of ketones is 4. The van der Waals surface area contributed by atoms with E-state index in [9.17, 15) is 19.2 Å². The van der Waals surface area contributed by atoms with E-state index in [1.807, 2.05) is 36.4 Å². The molecule has 0 spiro atoms. The maximum Gasteiger partial charge on any atom is 0.197 e. The molecular weight excluding hydrogens is 424 g/mol. The zero-order chi connectivity index (χ0) is 23.4. The topological polar surface area (TPSA) is 68.3 Å². The number of hydrogen-bond donors (Lipinski definition) is 0. The summed E-state index contributed by atoms with van der Waals surface area (Å²) in [5, 5.41) is 1.83. The van der Waals surface area contributed by atoms with Gasteiger partial charge in [0, 0.05) is 22.3 Å². The van der Waals surface area contributed by atoms with Crippen LogP contribution < -0.4 is 0 Å². The van der Waals surface area contributed by atoms with Crippen LogP contribution in [0.25, 0.3) is 22.9 Å². The van der Waals surface area contributed by atoms with Crippen LogP contribution in [0.3, 0.4) is 0 Å². The van der Waals surface area contributed by atoms with E-state index in [1.54, 1.807) is 60.7 Å². The Kier molecular flexibility index (Phi) is 4.36. The molecule has 2 aliphatic carbocycles. The van der Waals surface area contributed by atoms with Crippen LogP contribution in [0.2, 0.25) is 0 Å². The predicted molar refractivity (Wildman–Crippen MR) is 130 cm³/mol. The van der Waals surface area contributed by atoms with E-state index in [4.69, 9.17) is 0 Å². The molecule has 4 aromatic rings. The molecule has 0 N–H and O–H groups in total. The molecular formula is C30H16O4. The molecule has 0 saturated carbocycles. The lowest BCUT2D eigenvalue weighted by Crippen LogP contribution is -2.00. The number of hydrogen-bond acceptors (Lipinski definition) is 4. The molecule has 34 heavy (non-hydrogen) atoms. The summed E-state index contributed by atoms with van der Waals surface area (Å²) in [5.41, 5.74) is 3.59. The lowest BCUT2D eigenvalue weighted by molar-refractivity contribution is 0.0975. The van der Waals surface area contributed by atoms with Crippen molar-refractivity contribution >= 4 is 46.1 Å². The van der Waals surface area contributed by atoms with Crippen LogP contribution in [0, 0.1) is 0 Å². The largest absolute Gasteiger partial charge is 0.288 e. The highest BCUT2D eigenvalue weighted by Gasteiger charge is 2.33. The van der Waals surface area contributed by atoms with Gasteiger partial charge < -0.3 is 0 Å². The fourth-order valence-corrected chi connectivity index (χ4v) is 4.60. The summed E-state index contributed by atoms with van der Waals surface area (Å²) in [6.45, 7) is 0. The van der Waals surface area contributed by atoms with Crippen molar-refractivity contribution in [3.8, 4) is 0 Å². The van der Waals surface area contributed by atoms with Gasteiger partial charge in [-0.3, -0.25) is 19.2 Å². The average Bonchev–Trinajstić information content (AvgIpc) is 3.25. The second kappa shape index (κ2) is 7.42. The van der Waals surface area contributed by atoms with Gasteiger partial charge in [0.15, 0.2) is 23.1 Å². The van der Waals surface area contributed by atoms with Gasteiger partial charge in [-0.25, -0.2) is 0 Å². The lowest BCUT2D eigenvalue weighted by atomic mass is 10.00. The first kappa shape index (κ1) is 19.9. The second-order valence-corrected chi connectivity index (χ2v) is 8.39. The van der Waals surface area contributed by atoms with Gasteiger partial charge in [-0.05, 0) is 46.2 Å². The SMILES string of the molecule is O=C1C(=Cc2ccc3cc(C=C4C(=O)c5ccccc5C4=O)ccc3c2)C(=O)c2ccccc21. The minimum absolute atomic E-state index is 0.166. The summed E-state index contributed by atoms with van der Waals surface area (Å²) in [6.07, 6.45) is 3.26. The normalized spacial score (nSPS) is 14.6. The summed E-state index contributed by atoms with van der Waals surface area (Å²) in [4.78, 5) is 50.7. The molecule has 4 heteroatoms. The van der Waals surface area contributed by atoms with Crippen molar-refractivity contribution in [3.05, 3.63) is 129 Å². The van der Waals surface area contributed by atoms with Gasteiger partial charge in [-0.1, -0.05) is 72.8 Å². The van der Waals surface area contributed by atoms with Crippen LogP contribution in [0.15, 0.2) is 96.1 Å². The molecule has 0 atom stereocenters. The third kappa shape index (κ3) is 3.00. The first-order valence-electron chi connectivity index (χ1n) is 10.9. The summed E-state index contributed by atoms with van der Waals surface area (Å²) in [6, 6.07) is 25.0. The lowest BCUT2D eigenvalue weighted by Gasteiger charge is -2.03. The molecule has 2 aliphatic rings. The first-order valence-corrected chi connectivity index (χ1v) is 10.9. The highest BCUT2D eigenvalue weighted by atomic mass is 16.2. The highest BCUT2D eigenvalue weighted by Crippen LogP contribution is 2.30. The maximum atomic E-state index is 12.7. The number of rotatable bonds is 2. The van der Waals surface area contributed by atoms with Gasteiger partial charge in [0.1, 0.15) is 0 Å². The third-order valence-electron chi connectivity index (χ3n) is 6.32. The molecule has 0 aromatic heterocycles. The molecule has 0 aliphatic heterocycles. The van der Waals surface area contributed by atoms with Gasteiger partial charge >= 0.3 is 0 Å². The molecule has 0 radical (unpaired) electrons. The van der Waals surface area contributed by atoms with Crippen molar-refractivity contribution in [2.45, 2.75) is 0 Å². The van der Waals surface area contributed by atoms with E-state index < -0.39 is 0 Å². The first-order chi connectivity index (χ1) is 16.5. The van der Waals surface area contributed by atoms with Crippen LogP contribution in [0.4, 0.5) is 0 Å². The quantitative estimate of drug-likeness (QED) is 0.293. The molecule has 0 amide bonds. The maximum absolute atomic E-state index is 12.7. The smallest absolute Gasteiger partial charge is 0.197 e. The zero-order valence-corrected chi connectivity index (χ0v) is 17.9. The van der Waals surface area contributed by atoms with Crippen LogP contribution in [0.5, 0.6) is 0 Å². The van der Waals surface area contributed by atoms with Crippen molar-refractivity contribution in [1.82, 2.24) is 0 Å². The van der Waals surface area contributed by atoms with Crippen molar-refractivity contribution < 1.29 is 19.2 Å². The van der Waals surface area contributed by atoms with Crippen LogP contribution >= 0.6 is 0 Å². The Bertz CT molecular complexity index is 1470. The standard InChI is InChI=1S/C30H16O4/c31-27-21-5-1-2-6-22(21)28(32)25(27)15-17-9-11-20-14-18(10-12-19(20)13-17)16-26-29(33)23-7-3-4-8-24(23)30(26)34/h1-16H. The molecule has 6 rings (SSSR count). The Labute approximate surface area is 194 Å². The van der Waals surface area contributed by atoms with E-state index in [0.29, 0.717) is 22.3 Å². The molecule has 4 nitrogen and oxygen atoms in total. The molecule has 0 saturated heterocycles. The van der Waals surface area contributed by atoms with E-state index in [0.717, 1.165) is 21.9 Å². The van der Waals surface area contributed by atoms with Crippen molar-refractivity contribution in [3.63, 3.8) is 0 Å². The zero-order valence-electron chi connectivity index (χ0n) is 17.9. The number of carbonyl (C=O) groups is 4. The Morgan fingerprint density at radius 3 is 1.06 bits per heavy atom. The van der Waals surface area contributed by atoms with E-state index >= 15 is 0 Å². The van der Waals surface area contributed by atoms with Gasteiger partial charge in [-0.2, -0.15) is 0 Å². The second-order valence-electron chi connectivity index (χ2n) is 8.39. The molecule has 0 heterocycles. The van der Waals surface area contributed by atoms with Gasteiger partial charge in [0.05, 0.1) is 11.1 Å². The summed E-state index contributed by atoms with van der Waals surface area (Å²) >= 11 is 0. The molecule has 4 aromatic carbocycles. The van der Waals surface area contributed by atoms with Gasteiger partial charge in [0.2, 0.25) is 0 Å². The molecule has 0 unspecified atom stereocenters. The third-order valence-corrected chi connectivity index (χ3v) is 6.32. The minimum Gasteiger partial charge on any atom is -0.288 e. The van der Waals surface area contributed by atoms with Crippen LogP contribution in [-0.4, -0.2) is 23.1 Å². The van der Waals surface area contributed by atoms with E-state index in [2.05, 4.69) is 0 Å². The predicted octanol–water partition coefficient (Wildman–Crippen LogP) is 5.77. The Morgan fingerprint density at radius 2 is 0.735 bits per heavy atom. The van der Waals surface area contributed by atoms with Crippen LogP contribution in [0.1, 0.15) is 52.6 Å². The average molecular weight is 440 g/mol. The van der Waals surface area contributed by atoms with Crippen LogP contribution in [-0.2, 0) is 0 Å². The molecule has 0 fully saturated rings. The molecule has 160 valence electrons.